The van der Waals surface area contributed by atoms with Gasteiger partial charge in [-0.05, 0) is 38.3 Å². The Hall–Kier alpha value is -0.770. The molecule has 0 rings (SSSR count). The highest BCUT2D eigenvalue weighted by atomic mass is 16.4. The van der Waals surface area contributed by atoms with Crippen LogP contribution in [0.1, 0.15) is 52.4 Å². The summed E-state index contributed by atoms with van der Waals surface area (Å²) < 4.78 is 0. The maximum atomic E-state index is 8.33. The quantitative estimate of drug-likeness (QED) is 0.177. The molecule has 0 aliphatic rings. The van der Waals surface area contributed by atoms with Gasteiger partial charge in [0.15, 0.2) is 0 Å². The molecule has 0 bridgehead atoms. The van der Waals surface area contributed by atoms with Gasteiger partial charge in [0.2, 0.25) is 0 Å². The SMILES string of the molecule is CC(C)CCCCNCCCCC(N)=NO. The lowest BCUT2D eigenvalue weighted by molar-refractivity contribution is 0.316. The van der Waals surface area contributed by atoms with Gasteiger partial charge in [0.1, 0.15) is 5.84 Å². The summed E-state index contributed by atoms with van der Waals surface area (Å²) in [6.07, 6.45) is 6.65. The standard InChI is InChI=1S/C12H27N3O/c1-11(2)7-3-5-9-14-10-6-4-8-12(13)15-16/h11,14,16H,3-10H2,1-2H3,(H2,13,15). The summed E-state index contributed by atoms with van der Waals surface area (Å²) in [6.45, 7) is 6.66. The van der Waals surface area contributed by atoms with Crippen molar-refractivity contribution in [2.24, 2.45) is 16.8 Å². The summed E-state index contributed by atoms with van der Waals surface area (Å²) in [5, 5.41) is 14.7. The summed E-state index contributed by atoms with van der Waals surface area (Å²) in [6, 6.07) is 0. The molecule has 0 saturated heterocycles. The average Bonchev–Trinajstić information content (AvgIpc) is 2.26. The molecule has 0 heterocycles. The second-order valence-electron chi connectivity index (χ2n) is 4.69. The largest absolute Gasteiger partial charge is 0.409 e. The van der Waals surface area contributed by atoms with Crippen LogP contribution in [0.15, 0.2) is 5.16 Å². The van der Waals surface area contributed by atoms with Crippen molar-refractivity contribution in [3.63, 3.8) is 0 Å². The van der Waals surface area contributed by atoms with Crippen molar-refractivity contribution in [3.05, 3.63) is 0 Å². The van der Waals surface area contributed by atoms with Crippen LogP contribution in [-0.2, 0) is 0 Å². The molecular formula is C12H27N3O. The number of hydrogen-bond donors (Lipinski definition) is 3. The Morgan fingerprint density at radius 2 is 1.81 bits per heavy atom. The van der Waals surface area contributed by atoms with Gasteiger partial charge in [0.05, 0.1) is 0 Å². The Kier molecular flexibility index (Phi) is 10.2. The highest BCUT2D eigenvalue weighted by molar-refractivity contribution is 5.79. The smallest absolute Gasteiger partial charge is 0.139 e. The van der Waals surface area contributed by atoms with Gasteiger partial charge in [-0.2, -0.15) is 0 Å². The average molecular weight is 229 g/mol. The van der Waals surface area contributed by atoms with Crippen LogP contribution < -0.4 is 11.1 Å². The summed E-state index contributed by atoms with van der Waals surface area (Å²) in [4.78, 5) is 0. The highest BCUT2D eigenvalue weighted by Gasteiger charge is 1.95. The van der Waals surface area contributed by atoms with E-state index in [1.165, 1.54) is 19.3 Å². The summed E-state index contributed by atoms with van der Waals surface area (Å²) in [7, 11) is 0. The molecule has 96 valence electrons. The Morgan fingerprint density at radius 1 is 1.19 bits per heavy atom. The van der Waals surface area contributed by atoms with Crippen molar-refractivity contribution in [1.29, 1.82) is 0 Å². The molecule has 0 fully saturated rings. The molecule has 4 heteroatoms. The Morgan fingerprint density at radius 3 is 2.38 bits per heavy atom. The maximum absolute atomic E-state index is 8.33. The fraction of sp³-hybridized carbons (Fsp3) is 0.917. The van der Waals surface area contributed by atoms with E-state index in [2.05, 4.69) is 24.3 Å². The lowest BCUT2D eigenvalue weighted by Crippen LogP contribution is -2.18. The van der Waals surface area contributed by atoms with E-state index < -0.39 is 0 Å². The Bertz CT molecular complexity index is 181. The van der Waals surface area contributed by atoms with E-state index in [9.17, 15) is 0 Å². The van der Waals surface area contributed by atoms with E-state index in [1.807, 2.05) is 0 Å². The summed E-state index contributed by atoms with van der Waals surface area (Å²) in [5.41, 5.74) is 5.36. The van der Waals surface area contributed by atoms with Crippen LogP contribution in [0.5, 0.6) is 0 Å². The van der Waals surface area contributed by atoms with E-state index in [0.29, 0.717) is 12.3 Å². The van der Waals surface area contributed by atoms with Gasteiger partial charge in [-0.25, -0.2) is 0 Å². The minimum Gasteiger partial charge on any atom is -0.409 e. The maximum Gasteiger partial charge on any atom is 0.139 e. The van der Waals surface area contributed by atoms with E-state index in [1.54, 1.807) is 0 Å². The number of hydrogen-bond acceptors (Lipinski definition) is 3. The van der Waals surface area contributed by atoms with Crippen LogP contribution in [-0.4, -0.2) is 24.1 Å². The number of nitrogens with zero attached hydrogens (tertiary/aromatic N) is 1. The number of nitrogens with two attached hydrogens (primary N) is 1. The minimum absolute atomic E-state index is 0.330. The zero-order chi connectivity index (χ0) is 12.2. The molecule has 4 nitrogen and oxygen atoms in total. The van der Waals surface area contributed by atoms with Crippen molar-refractivity contribution in [2.75, 3.05) is 13.1 Å². The molecule has 0 amide bonds. The number of rotatable bonds is 10. The number of unbranched alkanes of at least 4 members (excludes halogenated alkanes) is 2. The van der Waals surface area contributed by atoms with Crippen molar-refractivity contribution in [2.45, 2.75) is 52.4 Å². The first kappa shape index (κ1) is 15.2. The van der Waals surface area contributed by atoms with Gasteiger partial charge in [-0.3, -0.25) is 0 Å². The second kappa shape index (κ2) is 10.7. The van der Waals surface area contributed by atoms with Crippen LogP contribution in [0.25, 0.3) is 0 Å². The topological polar surface area (TPSA) is 70.6 Å². The van der Waals surface area contributed by atoms with Gasteiger partial charge >= 0.3 is 0 Å². The van der Waals surface area contributed by atoms with Crippen molar-refractivity contribution >= 4 is 5.84 Å². The molecule has 16 heavy (non-hydrogen) atoms. The van der Waals surface area contributed by atoms with E-state index >= 15 is 0 Å². The molecule has 0 atom stereocenters. The lowest BCUT2D eigenvalue weighted by atomic mass is 10.1. The first-order chi connectivity index (χ1) is 7.66. The van der Waals surface area contributed by atoms with Crippen molar-refractivity contribution in [1.82, 2.24) is 5.32 Å². The third-order valence-electron chi connectivity index (χ3n) is 2.55. The molecule has 0 aromatic carbocycles. The van der Waals surface area contributed by atoms with Gasteiger partial charge in [-0.1, -0.05) is 31.8 Å². The normalized spacial score (nSPS) is 12.3. The van der Waals surface area contributed by atoms with Crippen molar-refractivity contribution in [3.8, 4) is 0 Å². The number of nitrogens with one attached hydrogen (secondary N) is 1. The zero-order valence-corrected chi connectivity index (χ0v) is 10.7. The van der Waals surface area contributed by atoms with Gasteiger partial charge in [0, 0.05) is 6.42 Å². The predicted octanol–water partition coefficient (Wildman–Crippen LogP) is 2.32. The molecule has 0 spiro atoms. The predicted molar refractivity (Wildman–Crippen MR) is 68.8 cm³/mol. The molecule has 0 radical (unpaired) electrons. The molecule has 0 aromatic heterocycles. The van der Waals surface area contributed by atoms with Gasteiger partial charge < -0.3 is 16.3 Å². The molecule has 0 aromatic rings. The highest BCUT2D eigenvalue weighted by Crippen LogP contribution is 2.05. The van der Waals surface area contributed by atoms with Gasteiger partial charge in [-0.15, -0.1) is 0 Å². The fourth-order valence-electron chi connectivity index (χ4n) is 1.53. The molecular weight excluding hydrogens is 202 g/mol. The number of amidine groups is 1. The molecule has 0 aliphatic heterocycles. The molecule has 0 aliphatic carbocycles. The van der Waals surface area contributed by atoms with E-state index in [0.717, 1.165) is 31.8 Å². The lowest BCUT2D eigenvalue weighted by Gasteiger charge is -2.06. The third kappa shape index (κ3) is 11.3. The zero-order valence-electron chi connectivity index (χ0n) is 10.7. The fourth-order valence-corrected chi connectivity index (χ4v) is 1.53. The van der Waals surface area contributed by atoms with Crippen LogP contribution >= 0.6 is 0 Å². The molecule has 0 unspecified atom stereocenters. The first-order valence-electron chi connectivity index (χ1n) is 6.34. The van der Waals surface area contributed by atoms with Gasteiger partial charge in [0.25, 0.3) is 0 Å². The third-order valence-corrected chi connectivity index (χ3v) is 2.55. The molecule has 4 N–H and O–H groups in total. The van der Waals surface area contributed by atoms with Crippen molar-refractivity contribution < 1.29 is 5.21 Å². The van der Waals surface area contributed by atoms with E-state index in [4.69, 9.17) is 10.9 Å². The minimum atomic E-state index is 0.330. The monoisotopic (exact) mass is 229 g/mol. The Labute approximate surface area is 99.3 Å². The Balaban J connectivity index is 3.04. The van der Waals surface area contributed by atoms with Crippen LogP contribution in [0, 0.1) is 5.92 Å². The van der Waals surface area contributed by atoms with Crippen LogP contribution in [0.4, 0.5) is 0 Å². The van der Waals surface area contributed by atoms with E-state index in [-0.39, 0.29) is 0 Å². The second-order valence-corrected chi connectivity index (χ2v) is 4.69. The first-order valence-corrected chi connectivity index (χ1v) is 6.34. The summed E-state index contributed by atoms with van der Waals surface area (Å²) in [5.74, 6) is 1.15. The molecule has 0 saturated carbocycles. The van der Waals surface area contributed by atoms with Crippen LogP contribution in [0.2, 0.25) is 0 Å². The van der Waals surface area contributed by atoms with Crippen LogP contribution in [0.3, 0.4) is 0 Å². The number of oxime groups is 1. The summed E-state index contributed by atoms with van der Waals surface area (Å²) >= 11 is 0.